The number of allylic oxidation sites excluding steroid dienone is 4. The third-order valence-corrected chi connectivity index (χ3v) is 12.0. The zero-order valence-electron chi connectivity index (χ0n) is 39.4. The van der Waals surface area contributed by atoms with Crippen LogP contribution in [0.25, 0.3) is 0 Å². The van der Waals surface area contributed by atoms with E-state index in [0.717, 1.165) is 38.5 Å². The maximum atomic E-state index is 12.7. The van der Waals surface area contributed by atoms with Gasteiger partial charge in [-0.3, -0.25) is 18.6 Å². The highest BCUT2D eigenvalue weighted by Gasteiger charge is 2.27. The molecule has 0 rings (SSSR count). The van der Waals surface area contributed by atoms with Gasteiger partial charge in [-0.15, -0.1) is 0 Å². The summed E-state index contributed by atoms with van der Waals surface area (Å²) in [6.45, 7) is 2.40. The van der Waals surface area contributed by atoms with Crippen molar-refractivity contribution >= 4 is 19.8 Å². The number of hydrogen-bond donors (Lipinski definition) is 3. The zero-order valence-corrected chi connectivity index (χ0v) is 40.3. The van der Waals surface area contributed by atoms with E-state index in [1.165, 1.54) is 167 Å². The lowest BCUT2D eigenvalue weighted by Crippen LogP contribution is -2.29. The van der Waals surface area contributed by atoms with E-state index < -0.39 is 51.8 Å². The second-order valence-corrected chi connectivity index (χ2v) is 18.6. The second kappa shape index (κ2) is 46.4. The van der Waals surface area contributed by atoms with Gasteiger partial charge in [-0.25, -0.2) is 4.57 Å². The van der Waals surface area contributed by atoms with Crippen molar-refractivity contribution in [2.24, 2.45) is 0 Å². The highest BCUT2D eigenvalue weighted by atomic mass is 31.2. The maximum Gasteiger partial charge on any atom is 0.472 e. The molecule has 3 N–H and O–H groups in total. The molecule has 61 heavy (non-hydrogen) atoms. The Morgan fingerprint density at radius 1 is 0.475 bits per heavy atom. The van der Waals surface area contributed by atoms with Crippen LogP contribution in [0.3, 0.4) is 0 Å². The Balaban J connectivity index is 4.16. The van der Waals surface area contributed by atoms with Crippen LogP contribution in [0.2, 0.25) is 0 Å². The maximum absolute atomic E-state index is 12.7. The van der Waals surface area contributed by atoms with E-state index in [1.807, 2.05) is 0 Å². The Kier molecular flexibility index (Phi) is 45.3. The molecule has 0 fully saturated rings. The first-order valence-corrected chi connectivity index (χ1v) is 26.8. The minimum atomic E-state index is -4.62. The minimum Gasteiger partial charge on any atom is -0.462 e. The third kappa shape index (κ3) is 46.3. The van der Waals surface area contributed by atoms with Gasteiger partial charge in [0.1, 0.15) is 12.7 Å². The summed E-state index contributed by atoms with van der Waals surface area (Å²) in [6.07, 6.45) is 48.5. The summed E-state index contributed by atoms with van der Waals surface area (Å²) in [7, 11) is -4.62. The zero-order chi connectivity index (χ0) is 44.8. The molecule has 0 saturated heterocycles. The molecule has 1 unspecified atom stereocenters. The normalized spacial score (nSPS) is 13.9. The van der Waals surface area contributed by atoms with Crippen LogP contribution < -0.4 is 0 Å². The average molecular weight is 887 g/mol. The van der Waals surface area contributed by atoms with Crippen LogP contribution >= 0.6 is 7.82 Å². The number of phosphoric acid groups is 1. The molecule has 10 nitrogen and oxygen atoms in total. The van der Waals surface area contributed by atoms with E-state index in [9.17, 15) is 24.2 Å². The highest BCUT2D eigenvalue weighted by Crippen LogP contribution is 2.43. The Hall–Kier alpha value is -1.55. The van der Waals surface area contributed by atoms with Crippen molar-refractivity contribution in [3.8, 4) is 0 Å². The lowest BCUT2D eigenvalue weighted by molar-refractivity contribution is -0.161. The molecule has 0 aliphatic heterocycles. The van der Waals surface area contributed by atoms with E-state index >= 15 is 0 Å². The SMILES string of the molecule is CCCCCC/C=C/CCCCCCCCCCCC(=O)O[C@H](COC(=O)CCCCCCCCCCCCC/C=C/CCCCCCCC)COP(=O)(O)OC[C@@H](O)CO. The molecule has 0 heterocycles. The molecule has 0 aliphatic carbocycles. The number of esters is 2. The van der Waals surface area contributed by atoms with E-state index in [-0.39, 0.29) is 19.4 Å². The summed E-state index contributed by atoms with van der Waals surface area (Å²) in [4.78, 5) is 35.1. The summed E-state index contributed by atoms with van der Waals surface area (Å²) in [5.74, 6) is -0.917. The molecule has 0 aromatic rings. The standard InChI is InChI=1S/C50H95O10P/c1-3-5-7-9-11-13-15-17-19-21-22-23-24-26-27-29-31-33-35-37-39-41-49(53)57-45-48(46-59-61(55,56)58-44-47(52)43-51)60-50(54)42-40-38-36-34-32-30-28-25-20-18-16-14-12-10-8-6-4-2/h14,16-17,19,47-48,51-52H,3-13,15,18,20-46H2,1-2H3,(H,55,56)/b16-14+,19-17+/t47-,48+/m0/s1. The van der Waals surface area contributed by atoms with Crippen molar-refractivity contribution in [1.29, 1.82) is 0 Å². The van der Waals surface area contributed by atoms with Gasteiger partial charge in [0.15, 0.2) is 6.10 Å². The summed E-state index contributed by atoms with van der Waals surface area (Å²) in [6, 6.07) is 0. The third-order valence-electron chi connectivity index (χ3n) is 11.1. The molecular formula is C50H95O10P. The van der Waals surface area contributed by atoms with Gasteiger partial charge in [-0.05, 0) is 64.2 Å². The Bertz CT molecular complexity index is 1070. The fraction of sp³-hybridized carbons (Fsp3) is 0.880. The number of rotatable bonds is 48. The molecule has 0 spiro atoms. The molecular weight excluding hydrogens is 792 g/mol. The molecule has 3 atom stereocenters. The minimum absolute atomic E-state index is 0.184. The largest absolute Gasteiger partial charge is 0.472 e. The van der Waals surface area contributed by atoms with Crippen LogP contribution in [0.4, 0.5) is 0 Å². The fourth-order valence-corrected chi connectivity index (χ4v) is 7.95. The Morgan fingerprint density at radius 2 is 0.803 bits per heavy atom. The number of hydrogen-bond acceptors (Lipinski definition) is 9. The molecule has 0 aromatic heterocycles. The van der Waals surface area contributed by atoms with Gasteiger partial charge in [0.2, 0.25) is 0 Å². The highest BCUT2D eigenvalue weighted by molar-refractivity contribution is 7.47. The summed E-state index contributed by atoms with van der Waals surface area (Å²) < 4.78 is 32.9. The monoisotopic (exact) mass is 887 g/mol. The van der Waals surface area contributed by atoms with Crippen molar-refractivity contribution < 1.29 is 47.8 Å². The van der Waals surface area contributed by atoms with Crippen LogP contribution in [0.5, 0.6) is 0 Å². The lowest BCUT2D eigenvalue weighted by Gasteiger charge is -2.20. The van der Waals surface area contributed by atoms with Gasteiger partial charge in [-0.1, -0.05) is 192 Å². The van der Waals surface area contributed by atoms with Crippen molar-refractivity contribution in [2.45, 2.75) is 257 Å². The second-order valence-electron chi connectivity index (χ2n) is 17.2. The molecule has 0 bridgehead atoms. The van der Waals surface area contributed by atoms with Crippen LogP contribution in [0.1, 0.15) is 245 Å². The van der Waals surface area contributed by atoms with Crippen molar-refractivity contribution in [3.05, 3.63) is 24.3 Å². The van der Waals surface area contributed by atoms with Crippen LogP contribution in [0, 0.1) is 0 Å². The van der Waals surface area contributed by atoms with Crippen LogP contribution in [-0.2, 0) is 32.7 Å². The molecule has 0 amide bonds. The first kappa shape index (κ1) is 59.5. The van der Waals surface area contributed by atoms with Crippen molar-refractivity contribution in [1.82, 2.24) is 0 Å². The molecule has 0 saturated carbocycles. The van der Waals surface area contributed by atoms with E-state index in [4.69, 9.17) is 23.6 Å². The quantitative estimate of drug-likeness (QED) is 0.0233. The lowest BCUT2D eigenvalue weighted by atomic mass is 10.0. The number of aliphatic hydroxyl groups is 2. The Morgan fingerprint density at radius 3 is 1.20 bits per heavy atom. The number of carbonyl (C=O) groups is 2. The number of phosphoric ester groups is 1. The number of carbonyl (C=O) groups excluding carboxylic acids is 2. The number of aliphatic hydroxyl groups excluding tert-OH is 2. The van der Waals surface area contributed by atoms with Crippen LogP contribution in [-0.4, -0.2) is 65.7 Å². The first-order valence-electron chi connectivity index (χ1n) is 25.3. The molecule has 11 heteroatoms. The van der Waals surface area contributed by atoms with E-state index in [2.05, 4.69) is 38.2 Å². The molecule has 360 valence electrons. The smallest absolute Gasteiger partial charge is 0.462 e. The molecule has 0 aliphatic rings. The molecule has 0 radical (unpaired) electrons. The Labute approximate surface area is 374 Å². The van der Waals surface area contributed by atoms with Crippen LogP contribution in [0.15, 0.2) is 24.3 Å². The van der Waals surface area contributed by atoms with Gasteiger partial charge in [0.05, 0.1) is 19.8 Å². The predicted octanol–water partition coefficient (Wildman–Crippen LogP) is 14.1. The number of ether oxygens (including phenoxy) is 2. The van der Waals surface area contributed by atoms with E-state index in [0.29, 0.717) is 12.8 Å². The van der Waals surface area contributed by atoms with Crippen molar-refractivity contribution in [3.63, 3.8) is 0 Å². The van der Waals surface area contributed by atoms with Gasteiger partial charge >= 0.3 is 19.8 Å². The van der Waals surface area contributed by atoms with Gasteiger partial charge in [0, 0.05) is 12.8 Å². The number of unbranched alkanes of at least 4 members (excludes halogenated alkanes) is 30. The average Bonchev–Trinajstić information content (AvgIpc) is 3.25. The van der Waals surface area contributed by atoms with E-state index in [1.54, 1.807) is 0 Å². The summed E-state index contributed by atoms with van der Waals surface area (Å²) in [5.41, 5.74) is 0. The summed E-state index contributed by atoms with van der Waals surface area (Å²) >= 11 is 0. The van der Waals surface area contributed by atoms with Gasteiger partial charge < -0.3 is 24.6 Å². The summed E-state index contributed by atoms with van der Waals surface area (Å²) in [5, 5.41) is 18.4. The topological polar surface area (TPSA) is 149 Å². The first-order chi connectivity index (χ1) is 29.7. The fourth-order valence-electron chi connectivity index (χ4n) is 7.16. The molecule has 0 aromatic carbocycles. The van der Waals surface area contributed by atoms with Gasteiger partial charge in [0.25, 0.3) is 0 Å². The van der Waals surface area contributed by atoms with Crippen molar-refractivity contribution in [2.75, 3.05) is 26.4 Å². The predicted molar refractivity (Wildman–Crippen MR) is 252 cm³/mol. The van der Waals surface area contributed by atoms with Gasteiger partial charge in [-0.2, -0.15) is 0 Å².